The molecule has 8 heteroatoms. The Balaban J connectivity index is 1.26. The lowest BCUT2D eigenvalue weighted by atomic mass is 9.93. The molecule has 1 aliphatic heterocycles. The molecule has 7 nitrogen and oxygen atoms in total. The van der Waals surface area contributed by atoms with Crippen LogP contribution in [-0.4, -0.2) is 48.1 Å². The van der Waals surface area contributed by atoms with E-state index in [9.17, 15) is 4.39 Å². The van der Waals surface area contributed by atoms with E-state index in [0.29, 0.717) is 11.5 Å². The van der Waals surface area contributed by atoms with Crippen LogP contribution in [0.3, 0.4) is 0 Å². The van der Waals surface area contributed by atoms with E-state index in [1.54, 1.807) is 18.3 Å². The van der Waals surface area contributed by atoms with E-state index in [4.69, 9.17) is 4.98 Å². The lowest BCUT2D eigenvalue weighted by molar-refractivity contribution is 0.331. The van der Waals surface area contributed by atoms with Gasteiger partial charge in [-0.3, -0.25) is 15.0 Å². The number of aromatic amines is 2. The van der Waals surface area contributed by atoms with Gasteiger partial charge < -0.3 is 4.98 Å². The van der Waals surface area contributed by atoms with Crippen molar-refractivity contribution in [1.82, 2.24) is 35.0 Å². The first-order chi connectivity index (χ1) is 18.2. The Hall–Kier alpha value is -4.17. The third kappa shape index (κ3) is 4.13. The molecular weight excluding hydrogens is 465 g/mol. The predicted octanol–water partition coefficient (Wildman–Crippen LogP) is 5.52. The monoisotopic (exact) mass is 491 g/mol. The first-order valence-electron chi connectivity index (χ1n) is 12.8. The Kier molecular flexibility index (Phi) is 5.39. The summed E-state index contributed by atoms with van der Waals surface area (Å²) < 4.78 is 14.7. The number of benzene rings is 1. The molecule has 2 aliphatic rings. The van der Waals surface area contributed by atoms with Gasteiger partial charge in [-0.15, -0.1) is 0 Å². The Morgan fingerprint density at radius 2 is 1.92 bits per heavy atom. The van der Waals surface area contributed by atoms with Crippen LogP contribution in [0.25, 0.3) is 39.3 Å². The van der Waals surface area contributed by atoms with Crippen LogP contribution in [0, 0.1) is 5.82 Å². The van der Waals surface area contributed by atoms with Crippen LogP contribution in [0.4, 0.5) is 4.39 Å². The van der Waals surface area contributed by atoms with Crippen molar-refractivity contribution < 1.29 is 4.39 Å². The van der Waals surface area contributed by atoms with Crippen LogP contribution in [0.15, 0.2) is 61.1 Å². The number of rotatable bonds is 5. The minimum atomic E-state index is -0.205. The van der Waals surface area contributed by atoms with E-state index in [1.165, 1.54) is 12.8 Å². The highest BCUT2D eigenvalue weighted by atomic mass is 19.1. The van der Waals surface area contributed by atoms with Gasteiger partial charge in [-0.2, -0.15) is 5.10 Å². The Morgan fingerprint density at radius 3 is 2.78 bits per heavy atom. The largest absolute Gasteiger partial charge is 0.340 e. The second-order valence-corrected chi connectivity index (χ2v) is 9.84. The molecule has 0 bridgehead atoms. The number of aryl methyl sites for hydroxylation is 1. The fourth-order valence-electron chi connectivity index (χ4n) is 5.51. The average molecular weight is 492 g/mol. The van der Waals surface area contributed by atoms with Gasteiger partial charge in [-0.1, -0.05) is 12.1 Å². The van der Waals surface area contributed by atoms with E-state index in [2.05, 4.69) is 48.3 Å². The molecule has 0 atom stereocenters. The quantitative estimate of drug-likeness (QED) is 0.338. The number of fused-ring (bicyclic) bond motifs is 2. The highest BCUT2D eigenvalue weighted by Crippen LogP contribution is 2.35. The van der Waals surface area contributed by atoms with Gasteiger partial charge >= 0.3 is 0 Å². The van der Waals surface area contributed by atoms with Crippen LogP contribution >= 0.6 is 0 Å². The molecule has 5 aromatic rings. The fraction of sp³-hybridized carbons (Fsp3) is 0.241. The van der Waals surface area contributed by atoms with Gasteiger partial charge in [-0.05, 0) is 80.2 Å². The molecule has 184 valence electrons. The maximum Gasteiger partial charge on any atom is 0.181 e. The highest BCUT2D eigenvalue weighted by molar-refractivity contribution is 5.92. The summed E-state index contributed by atoms with van der Waals surface area (Å²) in [6.07, 6.45) is 11.7. The molecule has 1 saturated heterocycles. The van der Waals surface area contributed by atoms with Crippen molar-refractivity contribution in [1.29, 1.82) is 0 Å². The van der Waals surface area contributed by atoms with E-state index in [0.717, 1.165) is 82.8 Å². The van der Waals surface area contributed by atoms with Gasteiger partial charge in [0.2, 0.25) is 0 Å². The van der Waals surface area contributed by atoms with Gasteiger partial charge in [-0.25, -0.2) is 14.4 Å². The third-order valence-corrected chi connectivity index (χ3v) is 7.29. The van der Waals surface area contributed by atoms with Gasteiger partial charge in [0.05, 0.1) is 11.1 Å². The molecule has 1 fully saturated rings. The fourth-order valence-corrected chi connectivity index (χ4v) is 5.51. The molecule has 0 unspecified atom stereocenters. The zero-order valence-electron chi connectivity index (χ0n) is 20.3. The number of hydrogen-bond donors (Lipinski definition) is 2. The van der Waals surface area contributed by atoms with Crippen LogP contribution in [0.1, 0.15) is 41.8 Å². The Labute approximate surface area is 213 Å². The maximum atomic E-state index is 14.7. The molecule has 5 heterocycles. The van der Waals surface area contributed by atoms with Crippen LogP contribution < -0.4 is 0 Å². The molecule has 0 amide bonds. The second kappa shape index (κ2) is 9.05. The number of hydrogen-bond acceptors (Lipinski definition) is 5. The van der Waals surface area contributed by atoms with E-state index in [-0.39, 0.29) is 5.82 Å². The van der Waals surface area contributed by atoms with E-state index >= 15 is 0 Å². The van der Waals surface area contributed by atoms with Crippen LogP contribution in [0.2, 0.25) is 0 Å². The Morgan fingerprint density at radius 1 is 1.00 bits per heavy atom. The number of aromatic nitrogens is 6. The zero-order valence-corrected chi connectivity index (χ0v) is 20.3. The summed E-state index contributed by atoms with van der Waals surface area (Å²) in [7, 11) is 0. The van der Waals surface area contributed by atoms with Gasteiger partial charge in [0.15, 0.2) is 11.5 Å². The summed E-state index contributed by atoms with van der Waals surface area (Å²) in [5.74, 6) is 0.503. The lowest BCUT2D eigenvalue weighted by Gasteiger charge is -2.17. The van der Waals surface area contributed by atoms with Crippen molar-refractivity contribution in [2.45, 2.75) is 32.2 Å². The van der Waals surface area contributed by atoms with Crippen molar-refractivity contribution in [2.24, 2.45) is 0 Å². The number of H-pyrrole nitrogens is 2. The molecule has 1 aromatic carbocycles. The third-order valence-electron chi connectivity index (χ3n) is 7.29. The molecule has 2 N–H and O–H groups in total. The Bertz CT molecular complexity index is 1630. The van der Waals surface area contributed by atoms with E-state index in [1.807, 2.05) is 24.5 Å². The summed E-state index contributed by atoms with van der Waals surface area (Å²) in [5.41, 5.74) is 8.16. The highest BCUT2D eigenvalue weighted by Gasteiger charge is 2.23. The molecule has 1 aliphatic carbocycles. The number of imidazole rings is 1. The summed E-state index contributed by atoms with van der Waals surface area (Å²) in [5, 5.41) is 8.41. The number of nitrogens with one attached hydrogen (secondary N) is 2. The summed E-state index contributed by atoms with van der Waals surface area (Å²) in [6.45, 7) is 2.94. The SMILES string of the molecule is Fc1cc(CN2CCCC2)cc(C2=CCCc3[nH]c(-c4[nH]nc5ncc(-c6cccnc6)cc45)nc32)c1. The number of likely N-dealkylation sites (tertiary alicyclic amines) is 1. The normalized spacial score (nSPS) is 15.8. The molecule has 0 radical (unpaired) electrons. The van der Waals surface area contributed by atoms with E-state index < -0.39 is 0 Å². The van der Waals surface area contributed by atoms with Gasteiger partial charge in [0.1, 0.15) is 11.5 Å². The van der Waals surface area contributed by atoms with Crippen molar-refractivity contribution in [2.75, 3.05) is 13.1 Å². The maximum absolute atomic E-state index is 14.7. The predicted molar refractivity (Wildman–Crippen MR) is 141 cm³/mol. The molecular formula is C29H26FN7. The minimum Gasteiger partial charge on any atom is -0.340 e. The molecule has 7 rings (SSSR count). The molecule has 0 saturated carbocycles. The van der Waals surface area contributed by atoms with Gasteiger partial charge in [0, 0.05) is 47.5 Å². The second-order valence-electron chi connectivity index (χ2n) is 9.84. The number of allylic oxidation sites excluding steroid dienone is 1. The number of halogens is 1. The minimum absolute atomic E-state index is 0.205. The van der Waals surface area contributed by atoms with Crippen LogP contribution in [0.5, 0.6) is 0 Å². The standard InChI is InChI=1S/C29H26FN7/c30-22-12-18(17-37-9-1-2-10-37)11-20(13-22)23-6-3-7-25-26(23)34-29(33-25)27-24-14-21(16-32-28(24)36-35-27)19-5-4-8-31-15-19/h4-6,8,11-16H,1-3,7,9-10,17H2,(H,33,34)(H,32,35,36). The van der Waals surface area contributed by atoms with Crippen molar-refractivity contribution in [3.05, 3.63) is 89.4 Å². The van der Waals surface area contributed by atoms with Gasteiger partial charge in [0.25, 0.3) is 0 Å². The number of nitrogens with zero attached hydrogens (tertiary/aromatic N) is 5. The molecule has 4 aromatic heterocycles. The van der Waals surface area contributed by atoms with Crippen LogP contribution in [-0.2, 0) is 13.0 Å². The topological polar surface area (TPSA) is 86.4 Å². The summed E-state index contributed by atoms with van der Waals surface area (Å²) in [6, 6.07) is 11.4. The number of pyridine rings is 2. The zero-order chi connectivity index (χ0) is 24.8. The first kappa shape index (κ1) is 22.1. The molecule has 37 heavy (non-hydrogen) atoms. The van der Waals surface area contributed by atoms with Crippen molar-refractivity contribution in [3.8, 4) is 22.6 Å². The smallest absolute Gasteiger partial charge is 0.181 e. The first-order valence-corrected chi connectivity index (χ1v) is 12.8. The average Bonchev–Trinajstić information content (AvgIpc) is 3.67. The van der Waals surface area contributed by atoms with Crippen molar-refractivity contribution >= 4 is 16.6 Å². The summed E-state index contributed by atoms with van der Waals surface area (Å²) >= 11 is 0. The summed E-state index contributed by atoms with van der Waals surface area (Å²) in [4.78, 5) is 19.7. The van der Waals surface area contributed by atoms with Crippen molar-refractivity contribution in [3.63, 3.8) is 0 Å². The lowest BCUT2D eigenvalue weighted by Crippen LogP contribution is -2.18. The molecule has 0 spiro atoms.